The van der Waals surface area contributed by atoms with Crippen molar-refractivity contribution in [3.63, 3.8) is 0 Å². The fraction of sp³-hybridized carbons (Fsp3) is 0.875. The van der Waals surface area contributed by atoms with E-state index >= 15 is 0 Å². The van der Waals surface area contributed by atoms with Gasteiger partial charge in [0.2, 0.25) is 0 Å². The van der Waals surface area contributed by atoms with Gasteiger partial charge in [-0.15, -0.1) is 0 Å². The topological polar surface area (TPSA) is 38.8 Å². The standard InChI is InChI=1S/C8H14FNO3/c1-12-8(11)7-6-13-5-4-10(7)3-2-9/h7H,2-6H2,1H3. The molecule has 0 saturated carbocycles. The van der Waals surface area contributed by atoms with Crippen LogP contribution in [0.25, 0.3) is 0 Å². The van der Waals surface area contributed by atoms with Gasteiger partial charge in [-0.2, -0.15) is 0 Å². The zero-order chi connectivity index (χ0) is 9.68. The number of esters is 1. The van der Waals surface area contributed by atoms with E-state index in [0.717, 1.165) is 0 Å². The van der Waals surface area contributed by atoms with Crippen molar-refractivity contribution in [3.8, 4) is 0 Å². The molecule has 0 bridgehead atoms. The minimum Gasteiger partial charge on any atom is -0.468 e. The maximum atomic E-state index is 12.1. The summed E-state index contributed by atoms with van der Waals surface area (Å²) in [7, 11) is 1.32. The largest absolute Gasteiger partial charge is 0.468 e. The van der Waals surface area contributed by atoms with Gasteiger partial charge in [-0.25, -0.2) is 4.39 Å². The average Bonchev–Trinajstić information content (AvgIpc) is 2.18. The maximum absolute atomic E-state index is 12.1. The highest BCUT2D eigenvalue weighted by atomic mass is 19.1. The van der Waals surface area contributed by atoms with E-state index in [4.69, 9.17) is 4.74 Å². The number of ether oxygens (including phenoxy) is 2. The third kappa shape index (κ3) is 2.63. The van der Waals surface area contributed by atoms with Crippen molar-refractivity contribution in [2.45, 2.75) is 6.04 Å². The molecule has 0 aliphatic carbocycles. The zero-order valence-electron chi connectivity index (χ0n) is 7.66. The highest BCUT2D eigenvalue weighted by molar-refractivity contribution is 5.75. The molecule has 0 aromatic rings. The lowest BCUT2D eigenvalue weighted by molar-refractivity contribution is -0.153. The first-order valence-corrected chi connectivity index (χ1v) is 4.25. The first-order valence-electron chi connectivity index (χ1n) is 4.25. The van der Waals surface area contributed by atoms with E-state index in [2.05, 4.69) is 4.74 Å². The summed E-state index contributed by atoms with van der Waals surface area (Å²) in [5, 5.41) is 0. The van der Waals surface area contributed by atoms with Gasteiger partial charge in [-0.1, -0.05) is 0 Å². The summed E-state index contributed by atoms with van der Waals surface area (Å²) in [6.45, 7) is 1.25. The van der Waals surface area contributed by atoms with Gasteiger partial charge in [0.25, 0.3) is 0 Å². The quantitative estimate of drug-likeness (QED) is 0.580. The second-order valence-corrected chi connectivity index (χ2v) is 2.84. The summed E-state index contributed by atoms with van der Waals surface area (Å²) in [6, 6.07) is -0.436. The Hall–Kier alpha value is -0.680. The van der Waals surface area contributed by atoms with Gasteiger partial charge < -0.3 is 9.47 Å². The molecule has 1 aliphatic heterocycles. The Bertz CT molecular complexity index is 175. The van der Waals surface area contributed by atoms with E-state index in [1.807, 2.05) is 0 Å². The van der Waals surface area contributed by atoms with Crippen LogP contribution >= 0.6 is 0 Å². The lowest BCUT2D eigenvalue weighted by atomic mass is 10.2. The average molecular weight is 191 g/mol. The van der Waals surface area contributed by atoms with E-state index in [9.17, 15) is 9.18 Å². The number of carbonyl (C=O) groups excluding carboxylic acids is 1. The number of halogens is 1. The van der Waals surface area contributed by atoms with Gasteiger partial charge >= 0.3 is 5.97 Å². The zero-order valence-corrected chi connectivity index (χ0v) is 7.66. The molecule has 0 spiro atoms. The summed E-state index contributed by atoms with van der Waals surface area (Å²) in [5.41, 5.74) is 0. The Labute approximate surface area is 76.6 Å². The van der Waals surface area contributed by atoms with Gasteiger partial charge in [0.15, 0.2) is 0 Å². The van der Waals surface area contributed by atoms with Crippen LogP contribution in [0, 0.1) is 0 Å². The van der Waals surface area contributed by atoms with E-state index in [0.29, 0.717) is 19.8 Å². The van der Waals surface area contributed by atoms with Crippen molar-refractivity contribution < 1.29 is 18.7 Å². The number of hydrogen-bond donors (Lipinski definition) is 0. The second-order valence-electron chi connectivity index (χ2n) is 2.84. The SMILES string of the molecule is COC(=O)C1COCCN1CCF. The van der Waals surface area contributed by atoms with E-state index < -0.39 is 12.7 Å². The van der Waals surface area contributed by atoms with Gasteiger partial charge in [0, 0.05) is 13.1 Å². The first kappa shape index (κ1) is 10.4. The Morgan fingerprint density at radius 1 is 1.77 bits per heavy atom. The molecule has 1 fully saturated rings. The number of carbonyl (C=O) groups is 1. The molecule has 1 heterocycles. The summed E-state index contributed by atoms with van der Waals surface area (Å²) < 4.78 is 21.8. The highest BCUT2D eigenvalue weighted by Gasteiger charge is 2.29. The summed E-state index contributed by atoms with van der Waals surface area (Å²) in [6.07, 6.45) is 0. The van der Waals surface area contributed by atoms with Crippen molar-refractivity contribution in [1.82, 2.24) is 4.90 Å². The number of nitrogens with zero attached hydrogens (tertiary/aromatic N) is 1. The third-order valence-electron chi connectivity index (χ3n) is 2.08. The second kappa shape index (κ2) is 5.14. The van der Waals surface area contributed by atoms with Crippen molar-refractivity contribution in [1.29, 1.82) is 0 Å². The molecule has 0 N–H and O–H groups in total. The van der Waals surface area contributed by atoms with Gasteiger partial charge in [-0.3, -0.25) is 9.69 Å². The number of rotatable bonds is 3. The van der Waals surface area contributed by atoms with Gasteiger partial charge in [0.1, 0.15) is 12.7 Å². The summed E-state index contributed by atoms with van der Waals surface area (Å²) in [5.74, 6) is -0.354. The minimum absolute atomic E-state index is 0.267. The molecule has 1 aliphatic rings. The van der Waals surface area contributed by atoms with Gasteiger partial charge in [-0.05, 0) is 0 Å². The molecular formula is C8H14FNO3. The minimum atomic E-state index is -0.451. The fourth-order valence-electron chi connectivity index (χ4n) is 1.37. The summed E-state index contributed by atoms with van der Waals surface area (Å²) in [4.78, 5) is 12.9. The predicted molar refractivity (Wildman–Crippen MR) is 44.2 cm³/mol. The van der Waals surface area contributed by atoms with Gasteiger partial charge in [0.05, 0.1) is 20.3 Å². The molecule has 13 heavy (non-hydrogen) atoms. The molecule has 1 unspecified atom stereocenters. The summed E-state index contributed by atoms with van der Waals surface area (Å²) >= 11 is 0. The van der Waals surface area contributed by atoms with Crippen LogP contribution in [0.2, 0.25) is 0 Å². The Morgan fingerprint density at radius 3 is 3.15 bits per heavy atom. The third-order valence-corrected chi connectivity index (χ3v) is 2.08. The number of methoxy groups -OCH3 is 1. The lowest BCUT2D eigenvalue weighted by Crippen LogP contribution is -2.51. The van der Waals surface area contributed by atoms with Crippen LogP contribution in [0.15, 0.2) is 0 Å². The number of alkyl halides is 1. The van der Waals surface area contributed by atoms with Crippen LogP contribution < -0.4 is 0 Å². The van der Waals surface area contributed by atoms with Crippen LogP contribution in [0.1, 0.15) is 0 Å². The molecule has 0 radical (unpaired) electrons. The smallest absolute Gasteiger partial charge is 0.325 e. The lowest BCUT2D eigenvalue weighted by Gasteiger charge is -2.32. The van der Waals surface area contributed by atoms with Crippen molar-refractivity contribution in [3.05, 3.63) is 0 Å². The molecule has 1 saturated heterocycles. The molecule has 4 nitrogen and oxygen atoms in total. The van der Waals surface area contributed by atoms with Crippen molar-refractivity contribution >= 4 is 5.97 Å². The number of hydrogen-bond acceptors (Lipinski definition) is 4. The van der Waals surface area contributed by atoms with Crippen LogP contribution in [0.4, 0.5) is 4.39 Å². The molecule has 0 aromatic carbocycles. The Morgan fingerprint density at radius 2 is 2.54 bits per heavy atom. The van der Waals surface area contributed by atoms with E-state index in [1.54, 1.807) is 4.90 Å². The normalized spacial score (nSPS) is 24.3. The molecule has 1 atom stereocenters. The van der Waals surface area contributed by atoms with Crippen LogP contribution in [0.5, 0.6) is 0 Å². The van der Waals surface area contributed by atoms with Crippen LogP contribution in [0.3, 0.4) is 0 Å². The first-order chi connectivity index (χ1) is 6.29. The van der Waals surface area contributed by atoms with E-state index in [-0.39, 0.29) is 12.5 Å². The molecule has 5 heteroatoms. The molecular weight excluding hydrogens is 177 g/mol. The molecule has 1 rings (SSSR count). The molecule has 0 amide bonds. The van der Waals surface area contributed by atoms with E-state index in [1.165, 1.54) is 7.11 Å². The maximum Gasteiger partial charge on any atom is 0.325 e. The predicted octanol–water partition coefficient (Wildman–Crippen LogP) is -0.170. The number of morpholine rings is 1. The van der Waals surface area contributed by atoms with Crippen molar-refractivity contribution in [2.75, 3.05) is 40.1 Å². The van der Waals surface area contributed by atoms with Crippen LogP contribution in [-0.2, 0) is 14.3 Å². The molecule has 0 aromatic heterocycles. The Balaban J connectivity index is 2.50. The Kier molecular flexibility index (Phi) is 4.11. The molecule has 76 valence electrons. The van der Waals surface area contributed by atoms with Crippen LogP contribution in [-0.4, -0.2) is 57.0 Å². The fourth-order valence-corrected chi connectivity index (χ4v) is 1.37. The monoisotopic (exact) mass is 191 g/mol. The van der Waals surface area contributed by atoms with Crippen molar-refractivity contribution in [2.24, 2.45) is 0 Å². The highest BCUT2D eigenvalue weighted by Crippen LogP contribution is 2.07.